The third-order valence-corrected chi connectivity index (χ3v) is 2.30. The Morgan fingerprint density at radius 3 is 2.46 bits per heavy atom. The van der Waals surface area contributed by atoms with E-state index < -0.39 is 17.3 Å². The number of hydrogen-bond donors (Lipinski definition) is 1. The topological polar surface area (TPSA) is 32.9 Å². The van der Waals surface area contributed by atoms with Crippen LogP contribution in [0.4, 0.5) is 13.2 Å². The van der Waals surface area contributed by atoms with E-state index in [-0.39, 0.29) is 4.47 Å². The largest absolute Gasteiger partial charge is 0.421 e. The maximum Gasteiger partial charge on any atom is 0.421 e. The third kappa shape index (κ3) is 2.12. The molecule has 0 fully saturated rings. The van der Waals surface area contributed by atoms with Gasteiger partial charge in [-0.15, -0.1) is 0 Å². The molecule has 0 unspecified atom stereocenters. The van der Waals surface area contributed by atoms with Gasteiger partial charge in [0, 0.05) is 10.2 Å². The van der Waals surface area contributed by atoms with E-state index in [1.54, 1.807) is 0 Å². The van der Waals surface area contributed by atoms with Gasteiger partial charge in [0.2, 0.25) is 0 Å². The summed E-state index contributed by atoms with van der Waals surface area (Å²) in [5.41, 5.74) is -1.93. The van der Waals surface area contributed by atoms with Gasteiger partial charge >= 0.3 is 6.18 Å². The first kappa shape index (κ1) is 10.3. The number of rotatable bonds is 0. The highest BCUT2D eigenvalue weighted by Gasteiger charge is 2.34. The van der Waals surface area contributed by atoms with Crippen LogP contribution in [0.1, 0.15) is 11.3 Å². The van der Waals surface area contributed by atoms with Crippen molar-refractivity contribution in [2.75, 3.05) is 0 Å². The summed E-state index contributed by atoms with van der Waals surface area (Å²) in [7, 11) is 0. The summed E-state index contributed by atoms with van der Waals surface area (Å²) in [6.07, 6.45) is -4.61. The molecule has 1 aromatic rings. The molecule has 1 N–H and O–H groups in total. The molecular weight excluding hydrogens is 251 g/mol. The highest BCUT2D eigenvalue weighted by atomic mass is 79.9. The minimum absolute atomic E-state index is 0.236. The second kappa shape index (κ2) is 3.17. The molecule has 1 rings (SSSR count). The highest BCUT2D eigenvalue weighted by molar-refractivity contribution is 9.10. The molecule has 13 heavy (non-hydrogen) atoms. The van der Waals surface area contributed by atoms with Crippen molar-refractivity contribution >= 4 is 15.9 Å². The highest BCUT2D eigenvalue weighted by Crippen LogP contribution is 2.28. The van der Waals surface area contributed by atoms with Gasteiger partial charge in [-0.25, -0.2) is 0 Å². The Hall–Kier alpha value is -0.780. The molecule has 1 aromatic heterocycles. The van der Waals surface area contributed by atoms with Crippen LogP contribution in [0.5, 0.6) is 0 Å². The monoisotopic (exact) mass is 255 g/mol. The standard InChI is InChI=1S/C7H5BrF3NO/c1-3-5(8)2-4(6(13)12-3)7(9,10)11/h2H,1H3,(H,12,13). The Morgan fingerprint density at radius 2 is 2.00 bits per heavy atom. The molecule has 0 amide bonds. The smallest absolute Gasteiger partial charge is 0.325 e. The van der Waals surface area contributed by atoms with Crippen LogP contribution >= 0.6 is 15.9 Å². The lowest BCUT2D eigenvalue weighted by atomic mass is 10.2. The zero-order valence-corrected chi connectivity index (χ0v) is 8.08. The van der Waals surface area contributed by atoms with Crippen LogP contribution in [0.25, 0.3) is 0 Å². The van der Waals surface area contributed by atoms with Crippen molar-refractivity contribution in [1.82, 2.24) is 4.98 Å². The summed E-state index contributed by atoms with van der Waals surface area (Å²) in [4.78, 5) is 12.9. The van der Waals surface area contributed by atoms with Crippen molar-refractivity contribution in [1.29, 1.82) is 0 Å². The van der Waals surface area contributed by atoms with E-state index in [4.69, 9.17) is 0 Å². The molecule has 0 bridgehead atoms. The van der Waals surface area contributed by atoms with Gasteiger partial charge in [-0.3, -0.25) is 4.79 Å². The summed E-state index contributed by atoms with van der Waals surface area (Å²) in [6.45, 7) is 1.51. The van der Waals surface area contributed by atoms with Crippen molar-refractivity contribution in [3.05, 3.63) is 32.2 Å². The Bertz CT molecular complexity index is 382. The van der Waals surface area contributed by atoms with Crippen LogP contribution in [0, 0.1) is 6.92 Å². The van der Waals surface area contributed by atoms with Crippen molar-refractivity contribution < 1.29 is 13.2 Å². The molecule has 0 aromatic carbocycles. The van der Waals surface area contributed by atoms with Crippen molar-refractivity contribution in [2.45, 2.75) is 13.1 Å². The quantitative estimate of drug-likeness (QED) is 0.759. The van der Waals surface area contributed by atoms with Gasteiger partial charge in [0.15, 0.2) is 0 Å². The predicted octanol–water partition coefficient (Wildman–Crippen LogP) is 2.46. The van der Waals surface area contributed by atoms with Crippen LogP contribution in [-0.4, -0.2) is 4.98 Å². The van der Waals surface area contributed by atoms with Gasteiger partial charge in [-0.2, -0.15) is 13.2 Å². The number of hydrogen-bond acceptors (Lipinski definition) is 1. The molecule has 1 heterocycles. The van der Waals surface area contributed by atoms with E-state index in [9.17, 15) is 18.0 Å². The maximum absolute atomic E-state index is 12.1. The number of alkyl halides is 3. The number of H-pyrrole nitrogens is 1. The number of aryl methyl sites for hydroxylation is 1. The number of aromatic nitrogens is 1. The van der Waals surface area contributed by atoms with E-state index in [1.807, 2.05) is 0 Å². The molecule has 0 aliphatic heterocycles. The first-order valence-corrected chi connectivity index (χ1v) is 4.08. The molecule has 0 atom stereocenters. The fraction of sp³-hybridized carbons (Fsp3) is 0.286. The summed E-state index contributed by atoms with van der Waals surface area (Å²) in [5.74, 6) is 0. The Labute approximate surface area is 79.9 Å². The molecule has 6 heteroatoms. The number of halogens is 4. The molecule has 2 nitrogen and oxygen atoms in total. The van der Waals surface area contributed by atoms with E-state index in [0.717, 1.165) is 6.07 Å². The average molecular weight is 256 g/mol. The first-order valence-electron chi connectivity index (χ1n) is 3.29. The fourth-order valence-electron chi connectivity index (χ4n) is 0.808. The number of pyridine rings is 1. The SMILES string of the molecule is Cc1[nH]c(=O)c(C(F)(F)F)cc1Br. The van der Waals surface area contributed by atoms with Crippen molar-refractivity contribution in [3.8, 4) is 0 Å². The van der Waals surface area contributed by atoms with Crippen LogP contribution in [-0.2, 0) is 6.18 Å². The summed E-state index contributed by atoms with van der Waals surface area (Å²) in [5, 5.41) is 0. The van der Waals surface area contributed by atoms with Crippen LogP contribution < -0.4 is 5.56 Å². The van der Waals surface area contributed by atoms with Crippen LogP contribution in [0.3, 0.4) is 0 Å². The second-order valence-corrected chi connectivity index (χ2v) is 3.34. The Kier molecular flexibility index (Phi) is 2.51. The molecule has 0 saturated carbocycles. The lowest BCUT2D eigenvalue weighted by Crippen LogP contribution is -2.21. The van der Waals surface area contributed by atoms with Gasteiger partial charge < -0.3 is 4.98 Å². The summed E-state index contributed by atoms with van der Waals surface area (Å²) < 4.78 is 36.6. The van der Waals surface area contributed by atoms with Crippen LogP contribution in [0.2, 0.25) is 0 Å². The lowest BCUT2D eigenvalue weighted by molar-refractivity contribution is -0.138. The van der Waals surface area contributed by atoms with Crippen molar-refractivity contribution in [3.63, 3.8) is 0 Å². The zero-order chi connectivity index (χ0) is 10.2. The predicted molar refractivity (Wildman–Crippen MR) is 44.5 cm³/mol. The molecule has 0 radical (unpaired) electrons. The van der Waals surface area contributed by atoms with Gasteiger partial charge in [0.25, 0.3) is 5.56 Å². The minimum atomic E-state index is -4.61. The molecule has 0 aliphatic carbocycles. The summed E-state index contributed by atoms with van der Waals surface area (Å²) in [6, 6.07) is 0.772. The average Bonchev–Trinajstić information content (AvgIpc) is 1.94. The number of aromatic amines is 1. The molecular formula is C7H5BrF3NO. The number of nitrogens with one attached hydrogen (secondary N) is 1. The van der Waals surface area contributed by atoms with Crippen LogP contribution in [0.15, 0.2) is 15.3 Å². The molecule has 0 aliphatic rings. The third-order valence-electron chi connectivity index (χ3n) is 1.48. The molecule has 0 saturated heterocycles. The van der Waals surface area contributed by atoms with E-state index in [0.29, 0.717) is 5.69 Å². The Morgan fingerprint density at radius 1 is 1.46 bits per heavy atom. The second-order valence-electron chi connectivity index (χ2n) is 2.48. The van der Waals surface area contributed by atoms with Gasteiger partial charge in [0.1, 0.15) is 5.56 Å². The van der Waals surface area contributed by atoms with E-state index in [2.05, 4.69) is 20.9 Å². The normalized spacial score (nSPS) is 11.8. The van der Waals surface area contributed by atoms with E-state index >= 15 is 0 Å². The van der Waals surface area contributed by atoms with Crippen molar-refractivity contribution in [2.24, 2.45) is 0 Å². The summed E-state index contributed by atoms with van der Waals surface area (Å²) >= 11 is 2.90. The zero-order valence-electron chi connectivity index (χ0n) is 6.50. The van der Waals surface area contributed by atoms with Gasteiger partial charge in [-0.05, 0) is 28.9 Å². The first-order chi connectivity index (χ1) is 5.82. The van der Waals surface area contributed by atoms with Gasteiger partial charge in [0.05, 0.1) is 0 Å². The Balaban J connectivity index is 3.41. The fourth-order valence-corrected chi connectivity index (χ4v) is 1.14. The lowest BCUT2D eigenvalue weighted by Gasteiger charge is -2.06. The molecule has 72 valence electrons. The minimum Gasteiger partial charge on any atom is -0.325 e. The van der Waals surface area contributed by atoms with Gasteiger partial charge in [-0.1, -0.05) is 0 Å². The maximum atomic E-state index is 12.1. The van der Waals surface area contributed by atoms with E-state index in [1.165, 1.54) is 6.92 Å². The molecule has 0 spiro atoms.